The number of pyridine rings is 1. The van der Waals surface area contributed by atoms with Crippen molar-refractivity contribution in [3.63, 3.8) is 0 Å². The monoisotopic (exact) mass is 490 g/mol. The first-order valence-corrected chi connectivity index (χ1v) is 8.55. The number of nitrogens with one attached hydrogen (secondary N) is 1. The van der Waals surface area contributed by atoms with Crippen molar-refractivity contribution in [1.82, 2.24) is 4.98 Å². The van der Waals surface area contributed by atoms with E-state index in [1.165, 1.54) is 0 Å². The van der Waals surface area contributed by atoms with Crippen molar-refractivity contribution in [2.24, 2.45) is 10.7 Å². The average molecular weight is 490 g/mol. The molecule has 1 aromatic heterocycles. The van der Waals surface area contributed by atoms with E-state index in [-0.39, 0.29) is 24.0 Å². The highest BCUT2D eigenvalue weighted by atomic mass is 127. The highest BCUT2D eigenvalue weighted by Gasteiger charge is 2.01. The van der Waals surface area contributed by atoms with Crippen LogP contribution in [0.15, 0.2) is 77.9 Å². The number of anilines is 1. The Morgan fingerprint density at radius 2 is 1.79 bits per heavy atom. The van der Waals surface area contributed by atoms with E-state index < -0.39 is 0 Å². The Kier molecular flexibility index (Phi) is 8.54. The molecule has 0 saturated heterocycles. The minimum atomic E-state index is 0. The number of methoxy groups -OCH3 is 1. The van der Waals surface area contributed by atoms with Crippen LogP contribution in [-0.2, 0) is 13.2 Å². The SMILES string of the molecule is COc1ccc(NC(N)=NCc2ccnc(OCc3ccccc3)c2)cc1.I. The van der Waals surface area contributed by atoms with Gasteiger partial charge in [-0.1, -0.05) is 30.3 Å². The van der Waals surface area contributed by atoms with Gasteiger partial charge >= 0.3 is 0 Å². The summed E-state index contributed by atoms with van der Waals surface area (Å²) in [7, 11) is 1.63. The van der Waals surface area contributed by atoms with Gasteiger partial charge in [-0.15, -0.1) is 24.0 Å². The summed E-state index contributed by atoms with van der Waals surface area (Å²) in [4.78, 5) is 8.60. The summed E-state index contributed by atoms with van der Waals surface area (Å²) in [6.45, 7) is 0.904. The molecule has 7 heteroatoms. The number of hydrogen-bond donors (Lipinski definition) is 2. The van der Waals surface area contributed by atoms with Crippen molar-refractivity contribution < 1.29 is 9.47 Å². The highest BCUT2D eigenvalue weighted by Crippen LogP contribution is 2.15. The first kappa shape index (κ1) is 21.5. The number of nitrogens with zero attached hydrogens (tertiary/aromatic N) is 2. The van der Waals surface area contributed by atoms with E-state index in [1.807, 2.05) is 66.7 Å². The molecule has 0 fully saturated rings. The summed E-state index contributed by atoms with van der Waals surface area (Å²) in [6, 6.07) is 21.2. The van der Waals surface area contributed by atoms with Crippen LogP contribution in [0.25, 0.3) is 0 Å². The van der Waals surface area contributed by atoms with Gasteiger partial charge in [-0.25, -0.2) is 9.98 Å². The Hall–Kier alpha value is -2.81. The third-order valence-electron chi connectivity index (χ3n) is 3.82. The molecule has 0 aliphatic heterocycles. The van der Waals surface area contributed by atoms with E-state index in [9.17, 15) is 0 Å². The number of rotatable bonds is 7. The van der Waals surface area contributed by atoms with Gasteiger partial charge in [0.1, 0.15) is 12.4 Å². The topological polar surface area (TPSA) is 81.8 Å². The van der Waals surface area contributed by atoms with Crippen molar-refractivity contribution in [1.29, 1.82) is 0 Å². The van der Waals surface area contributed by atoms with Crippen LogP contribution >= 0.6 is 24.0 Å². The fraction of sp³-hybridized carbons (Fsp3) is 0.143. The maximum atomic E-state index is 5.96. The first-order chi connectivity index (χ1) is 13.2. The Morgan fingerprint density at radius 1 is 1.04 bits per heavy atom. The molecule has 146 valence electrons. The minimum absolute atomic E-state index is 0. The number of nitrogens with two attached hydrogens (primary N) is 1. The van der Waals surface area contributed by atoms with Gasteiger partial charge in [0.15, 0.2) is 5.96 Å². The molecule has 3 rings (SSSR count). The molecule has 0 saturated carbocycles. The predicted molar refractivity (Wildman–Crippen MR) is 122 cm³/mol. The summed E-state index contributed by atoms with van der Waals surface area (Å²) in [5.41, 5.74) is 8.86. The van der Waals surface area contributed by atoms with Gasteiger partial charge in [-0.05, 0) is 41.5 Å². The minimum Gasteiger partial charge on any atom is -0.497 e. The second-order valence-corrected chi connectivity index (χ2v) is 5.83. The second kappa shape index (κ2) is 11.1. The molecule has 0 amide bonds. The molecule has 2 aromatic carbocycles. The van der Waals surface area contributed by atoms with Crippen LogP contribution in [0.1, 0.15) is 11.1 Å². The third-order valence-corrected chi connectivity index (χ3v) is 3.82. The lowest BCUT2D eigenvalue weighted by molar-refractivity contribution is 0.293. The Balaban J connectivity index is 0.00000280. The zero-order valence-corrected chi connectivity index (χ0v) is 17.9. The fourth-order valence-corrected chi connectivity index (χ4v) is 2.40. The predicted octanol–water partition coefficient (Wildman–Crippen LogP) is 4.21. The smallest absolute Gasteiger partial charge is 0.213 e. The Morgan fingerprint density at radius 3 is 2.50 bits per heavy atom. The van der Waals surface area contributed by atoms with Crippen molar-refractivity contribution in [2.45, 2.75) is 13.2 Å². The molecule has 0 unspecified atom stereocenters. The molecule has 0 aliphatic carbocycles. The fourth-order valence-electron chi connectivity index (χ4n) is 2.40. The quantitative estimate of drug-likeness (QED) is 0.295. The van der Waals surface area contributed by atoms with E-state index in [4.69, 9.17) is 15.2 Å². The van der Waals surface area contributed by atoms with Gasteiger partial charge in [-0.2, -0.15) is 0 Å². The zero-order valence-electron chi connectivity index (χ0n) is 15.5. The van der Waals surface area contributed by atoms with Gasteiger partial charge in [0.2, 0.25) is 5.88 Å². The largest absolute Gasteiger partial charge is 0.497 e. The summed E-state index contributed by atoms with van der Waals surface area (Å²) < 4.78 is 10.9. The summed E-state index contributed by atoms with van der Waals surface area (Å²) in [5.74, 6) is 1.69. The number of halogens is 1. The molecule has 6 nitrogen and oxygen atoms in total. The lowest BCUT2D eigenvalue weighted by Gasteiger charge is -2.08. The number of benzene rings is 2. The van der Waals surface area contributed by atoms with Crippen molar-refractivity contribution >= 4 is 35.6 Å². The molecule has 0 aliphatic rings. The number of hydrogen-bond acceptors (Lipinski definition) is 4. The second-order valence-electron chi connectivity index (χ2n) is 5.83. The molecule has 3 N–H and O–H groups in total. The summed E-state index contributed by atoms with van der Waals surface area (Å²) in [5, 5.41) is 3.05. The van der Waals surface area contributed by atoms with Gasteiger partial charge in [0.05, 0.1) is 13.7 Å². The van der Waals surface area contributed by atoms with Crippen LogP contribution in [0, 0.1) is 0 Å². The van der Waals surface area contributed by atoms with E-state index >= 15 is 0 Å². The molecule has 0 bridgehead atoms. The number of aliphatic imine (C=N–C) groups is 1. The third kappa shape index (κ3) is 6.73. The lowest BCUT2D eigenvalue weighted by Crippen LogP contribution is -2.22. The van der Waals surface area contributed by atoms with Crippen molar-refractivity contribution in [2.75, 3.05) is 12.4 Å². The standard InChI is InChI=1S/C21H22N4O2.HI/c1-26-19-9-7-18(8-10-19)25-21(22)24-14-17-11-12-23-20(13-17)27-15-16-5-3-2-4-6-16;/h2-13H,14-15H2,1H3,(H3,22,24,25);1H. The molecule has 0 spiro atoms. The molecule has 3 aromatic rings. The van der Waals surface area contributed by atoms with Crippen LogP contribution in [0.4, 0.5) is 5.69 Å². The van der Waals surface area contributed by atoms with Crippen LogP contribution in [-0.4, -0.2) is 18.1 Å². The van der Waals surface area contributed by atoms with Crippen LogP contribution < -0.4 is 20.5 Å². The van der Waals surface area contributed by atoms with E-state index in [1.54, 1.807) is 13.3 Å². The van der Waals surface area contributed by atoms with Crippen molar-refractivity contribution in [3.05, 3.63) is 84.1 Å². The molecule has 1 heterocycles. The maximum absolute atomic E-state index is 5.96. The normalized spacial score (nSPS) is 10.7. The first-order valence-electron chi connectivity index (χ1n) is 8.55. The summed E-state index contributed by atoms with van der Waals surface area (Å²) in [6.07, 6.45) is 1.71. The highest BCUT2D eigenvalue weighted by molar-refractivity contribution is 14.0. The van der Waals surface area contributed by atoms with E-state index in [0.717, 1.165) is 22.6 Å². The lowest BCUT2D eigenvalue weighted by atomic mass is 10.2. The maximum Gasteiger partial charge on any atom is 0.213 e. The Labute approximate surface area is 181 Å². The summed E-state index contributed by atoms with van der Waals surface area (Å²) >= 11 is 0. The van der Waals surface area contributed by atoms with Gasteiger partial charge in [0.25, 0.3) is 0 Å². The van der Waals surface area contributed by atoms with Gasteiger partial charge in [-0.3, -0.25) is 0 Å². The van der Waals surface area contributed by atoms with E-state index in [0.29, 0.717) is 25.0 Å². The molecule has 0 radical (unpaired) electrons. The molecule has 0 atom stereocenters. The zero-order chi connectivity index (χ0) is 18.9. The number of ether oxygens (including phenoxy) is 2. The molecular weight excluding hydrogens is 467 g/mol. The van der Waals surface area contributed by atoms with Gasteiger partial charge < -0.3 is 20.5 Å². The number of guanidine groups is 1. The number of aromatic nitrogens is 1. The van der Waals surface area contributed by atoms with Crippen LogP contribution in [0.3, 0.4) is 0 Å². The van der Waals surface area contributed by atoms with Crippen molar-refractivity contribution in [3.8, 4) is 11.6 Å². The van der Waals surface area contributed by atoms with E-state index in [2.05, 4.69) is 15.3 Å². The molecular formula is C21H23IN4O2. The van der Waals surface area contributed by atoms with Crippen LogP contribution in [0.5, 0.6) is 11.6 Å². The average Bonchev–Trinajstić information content (AvgIpc) is 2.72. The molecule has 28 heavy (non-hydrogen) atoms. The van der Waals surface area contributed by atoms with Crippen LogP contribution in [0.2, 0.25) is 0 Å². The van der Waals surface area contributed by atoms with Gasteiger partial charge in [0, 0.05) is 18.0 Å². The Bertz CT molecular complexity index is 886.